The quantitative estimate of drug-likeness (QED) is 0.561. The molecule has 2 aromatic rings. The van der Waals surface area contributed by atoms with Crippen molar-refractivity contribution in [3.8, 4) is 11.5 Å². The molecule has 1 spiro atoms. The molecule has 7 nitrogen and oxygen atoms in total. The van der Waals surface area contributed by atoms with Crippen LogP contribution in [0.3, 0.4) is 0 Å². The highest BCUT2D eigenvalue weighted by molar-refractivity contribution is 5.91. The summed E-state index contributed by atoms with van der Waals surface area (Å²) in [5.41, 5.74) is 0.995. The molecule has 158 valence electrons. The summed E-state index contributed by atoms with van der Waals surface area (Å²) in [5, 5.41) is 13.2. The zero-order valence-corrected chi connectivity index (χ0v) is 17.0. The number of anilines is 1. The van der Waals surface area contributed by atoms with Crippen molar-refractivity contribution in [3.63, 3.8) is 0 Å². The van der Waals surface area contributed by atoms with Gasteiger partial charge in [-0.3, -0.25) is 9.59 Å². The molecule has 7 heteroatoms. The van der Waals surface area contributed by atoms with E-state index in [0.29, 0.717) is 49.7 Å². The van der Waals surface area contributed by atoms with Gasteiger partial charge in [-0.1, -0.05) is 30.3 Å². The third kappa shape index (κ3) is 4.04. The van der Waals surface area contributed by atoms with E-state index in [1.54, 1.807) is 12.1 Å². The summed E-state index contributed by atoms with van der Waals surface area (Å²) in [7, 11) is 0. The zero-order valence-electron chi connectivity index (χ0n) is 17.0. The van der Waals surface area contributed by atoms with Crippen LogP contribution < -0.4 is 14.8 Å². The number of carbonyl (C=O) groups is 2. The Kier molecular flexibility index (Phi) is 5.74. The van der Waals surface area contributed by atoms with Gasteiger partial charge in [-0.05, 0) is 44.1 Å². The van der Waals surface area contributed by atoms with E-state index in [0.717, 1.165) is 5.56 Å². The fraction of sp³-hybridized carbons (Fsp3) is 0.391. The molecule has 1 amide bonds. The van der Waals surface area contributed by atoms with Crippen LogP contribution in [0, 0.1) is 0 Å². The van der Waals surface area contributed by atoms with E-state index in [9.17, 15) is 14.7 Å². The molecule has 1 atom stereocenters. The van der Waals surface area contributed by atoms with Crippen molar-refractivity contribution in [3.05, 3.63) is 54.1 Å². The predicted molar refractivity (Wildman–Crippen MR) is 112 cm³/mol. The van der Waals surface area contributed by atoms with Gasteiger partial charge in [0.1, 0.15) is 24.2 Å². The number of nitrogens with zero attached hydrogens (tertiary/aromatic N) is 1. The number of likely N-dealkylation sites (tertiary alicyclic amines) is 1. The second-order valence-electron chi connectivity index (χ2n) is 7.91. The SMILES string of the molecule is CC(=O)Nc1ccccc1OC[C@@H](O)CN1CCC2(CC1)C(=O)Oc1ccccc12. The normalized spacial score (nSPS) is 18.5. The number of esters is 1. The van der Waals surface area contributed by atoms with Crippen LogP contribution in [0.5, 0.6) is 11.5 Å². The van der Waals surface area contributed by atoms with E-state index >= 15 is 0 Å². The molecular formula is C23H26N2O5. The van der Waals surface area contributed by atoms with Gasteiger partial charge in [-0.15, -0.1) is 0 Å². The van der Waals surface area contributed by atoms with Crippen molar-refractivity contribution in [1.29, 1.82) is 0 Å². The fourth-order valence-corrected chi connectivity index (χ4v) is 4.27. The van der Waals surface area contributed by atoms with Crippen molar-refractivity contribution in [1.82, 2.24) is 4.90 Å². The maximum Gasteiger partial charge on any atom is 0.322 e. The summed E-state index contributed by atoms with van der Waals surface area (Å²) in [5.74, 6) is 0.847. The molecule has 30 heavy (non-hydrogen) atoms. The maximum atomic E-state index is 12.6. The largest absolute Gasteiger partial charge is 0.489 e. The first-order valence-corrected chi connectivity index (χ1v) is 10.2. The highest BCUT2D eigenvalue weighted by Crippen LogP contribution is 2.46. The number of rotatable bonds is 6. The van der Waals surface area contributed by atoms with Gasteiger partial charge in [0.15, 0.2) is 0 Å². The maximum absolute atomic E-state index is 12.6. The van der Waals surface area contributed by atoms with Crippen LogP contribution in [-0.2, 0) is 15.0 Å². The Balaban J connectivity index is 1.31. The van der Waals surface area contributed by atoms with Crippen LogP contribution >= 0.6 is 0 Å². The Morgan fingerprint density at radius 2 is 1.90 bits per heavy atom. The van der Waals surface area contributed by atoms with Gasteiger partial charge in [-0.25, -0.2) is 0 Å². The number of amides is 1. The first-order chi connectivity index (χ1) is 14.5. The number of aliphatic hydroxyl groups is 1. The van der Waals surface area contributed by atoms with E-state index in [4.69, 9.17) is 9.47 Å². The summed E-state index contributed by atoms with van der Waals surface area (Å²) in [6, 6.07) is 14.8. The average molecular weight is 410 g/mol. The van der Waals surface area contributed by atoms with Gasteiger partial charge < -0.3 is 24.8 Å². The minimum Gasteiger partial charge on any atom is -0.489 e. The van der Waals surface area contributed by atoms with E-state index in [1.807, 2.05) is 36.4 Å². The molecule has 1 saturated heterocycles. The third-order valence-electron chi connectivity index (χ3n) is 5.80. The number of aliphatic hydroxyl groups excluding tert-OH is 1. The predicted octanol–water partition coefficient (Wildman–Crippen LogP) is 2.34. The summed E-state index contributed by atoms with van der Waals surface area (Å²) in [6.07, 6.45) is 0.649. The van der Waals surface area contributed by atoms with E-state index in [-0.39, 0.29) is 18.5 Å². The summed E-state index contributed by atoms with van der Waals surface area (Å²) >= 11 is 0. The number of benzene rings is 2. The van der Waals surface area contributed by atoms with Gasteiger partial charge in [0.25, 0.3) is 0 Å². The van der Waals surface area contributed by atoms with E-state index in [2.05, 4.69) is 10.2 Å². The minimum atomic E-state index is -0.688. The standard InChI is InChI=1S/C23H26N2O5/c1-16(26)24-19-7-3-5-9-21(19)29-15-17(27)14-25-12-10-23(11-13-25)18-6-2-4-8-20(18)30-22(23)28/h2-9,17,27H,10-15H2,1H3,(H,24,26)/t17-/m0/s1. The number of carbonyl (C=O) groups excluding carboxylic acids is 2. The lowest BCUT2D eigenvalue weighted by Gasteiger charge is -2.37. The molecule has 0 saturated carbocycles. The molecular weight excluding hydrogens is 384 g/mol. The summed E-state index contributed by atoms with van der Waals surface area (Å²) in [6.45, 7) is 3.40. The number of para-hydroxylation sites is 3. The number of fused-ring (bicyclic) bond motifs is 2. The molecule has 0 aromatic heterocycles. The molecule has 2 heterocycles. The van der Waals surface area contributed by atoms with Crippen LogP contribution in [0.4, 0.5) is 5.69 Å². The van der Waals surface area contributed by atoms with Crippen LogP contribution in [0.15, 0.2) is 48.5 Å². The highest BCUT2D eigenvalue weighted by atomic mass is 16.5. The van der Waals surface area contributed by atoms with Crippen molar-refractivity contribution < 1.29 is 24.2 Å². The average Bonchev–Trinajstić information content (AvgIpc) is 3.00. The second kappa shape index (κ2) is 8.45. The van der Waals surface area contributed by atoms with Crippen LogP contribution in [0.25, 0.3) is 0 Å². The van der Waals surface area contributed by atoms with Gasteiger partial charge >= 0.3 is 5.97 Å². The van der Waals surface area contributed by atoms with Gasteiger partial charge in [-0.2, -0.15) is 0 Å². The molecule has 2 aliphatic heterocycles. The Bertz CT molecular complexity index is 937. The zero-order chi connectivity index (χ0) is 21.1. The number of piperidine rings is 1. The second-order valence-corrected chi connectivity index (χ2v) is 7.91. The highest BCUT2D eigenvalue weighted by Gasteiger charge is 2.50. The number of nitrogens with one attached hydrogen (secondary N) is 1. The fourth-order valence-electron chi connectivity index (χ4n) is 4.27. The van der Waals surface area contributed by atoms with Crippen LogP contribution in [0.2, 0.25) is 0 Å². The van der Waals surface area contributed by atoms with E-state index in [1.165, 1.54) is 6.92 Å². The lowest BCUT2D eigenvalue weighted by atomic mass is 9.74. The van der Waals surface area contributed by atoms with Crippen molar-refractivity contribution in [2.75, 3.05) is 31.6 Å². The number of β-amino-alcohol motifs (C(OH)–C–C–N with tert-alkyl or cyclic N) is 1. The first-order valence-electron chi connectivity index (χ1n) is 10.2. The Labute approximate surface area is 175 Å². The molecule has 4 rings (SSSR count). The topological polar surface area (TPSA) is 88.1 Å². The molecule has 0 aliphatic carbocycles. The Hall–Kier alpha value is -2.90. The molecule has 0 bridgehead atoms. The monoisotopic (exact) mass is 410 g/mol. The summed E-state index contributed by atoms with van der Waals surface area (Å²) < 4.78 is 11.2. The lowest BCUT2D eigenvalue weighted by Crippen LogP contribution is -2.48. The van der Waals surface area contributed by atoms with Crippen LogP contribution in [-0.4, -0.2) is 54.2 Å². The van der Waals surface area contributed by atoms with Gasteiger partial charge in [0, 0.05) is 19.0 Å². The first kappa shape index (κ1) is 20.4. The van der Waals surface area contributed by atoms with Crippen molar-refractivity contribution >= 4 is 17.6 Å². The number of ether oxygens (including phenoxy) is 2. The molecule has 0 radical (unpaired) electrons. The van der Waals surface area contributed by atoms with E-state index < -0.39 is 11.5 Å². The van der Waals surface area contributed by atoms with Crippen molar-refractivity contribution in [2.45, 2.75) is 31.3 Å². The molecule has 2 N–H and O–H groups in total. The molecule has 2 aliphatic rings. The van der Waals surface area contributed by atoms with Crippen LogP contribution in [0.1, 0.15) is 25.3 Å². The Morgan fingerprint density at radius 3 is 2.67 bits per heavy atom. The molecule has 0 unspecified atom stereocenters. The lowest BCUT2D eigenvalue weighted by molar-refractivity contribution is -0.140. The number of hydrogen-bond donors (Lipinski definition) is 2. The summed E-state index contributed by atoms with van der Waals surface area (Å²) in [4.78, 5) is 26.0. The number of hydrogen-bond acceptors (Lipinski definition) is 6. The van der Waals surface area contributed by atoms with Gasteiger partial charge in [0.2, 0.25) is 5.91 Å². The van der Waals surface area contributed by atoms with Gasteiger partial charge in [0.05, 0.1) is 11.1 Å². The minimum absolute atomic E-state index is 0.114. The molecule has 1 fully saturated rings. The van der Waals surface area contributed by atoms with Crippen molar-refractivity contribution in [2.24, 2.45) is 0 Å². The smallest absolute Gasteiger partial charge is 0.322 e. The third-order valence-corrected chi connectivity index (χ3v) is 5.80. The molecule has 2 aromatic carbocycles. The Morgan fingerprint density at radius 1 is 1.20 bits per heavy atom.